The third kappa shape index (κ3) is 6.48. The fraction of sp³-hybridized carbons (Fsp3) is 0.194. The van der Waals surface area contributed by atoms with Crippen LogP contribution in [0.3, 0.4) is 0 Å². The van der Waals surface area contributed by atoms with Crippen molar-refractivity contribution in [2.24, 2.45) is 16.8 Å². The summed E-state index contributed by atoms with van der Waals surface area (Å²) in [6.07, 6.45) is 5.38. The van der Waals surface area contributed by atoms with Crippen molar-refractivity contribution in [2.45, 2.75) is 26.3 Å². The topological polar surface area (TPSA) is 86.9 Å². The zero-order valence-electron chi connectivity index (χ0n) is 24.4. The number of aromatic nitrogens is 1. The van der Waals surface area contributed by atoms with Gasteiger partial charge in [0.05, 0.1) is 5.69 Å². The highest BCUT2D eigenvalue weighted by Gasteiger charge is 2.25. The Morgan fingerprint density at radius 3 is 2.33 bits per heavy atom. The molecule has 0 aliphatic carbocycles. The van der Waals surface area contributed by atoms with Crippen LogP contribution < -0.4 is 16.2 Å². The van der Waals surface area contributed by atoms with Gasteiger partial charge in [0.25, 0.3) is 0 Å². The number of nitrogens with two attached hydrogens (primary N) is 1. The average Bonchev–Trinajstić information content (AvgIpc) is 3.03. The molecule has 1 aromatic heterocycles. The predicted molar refractivity (Wildman–Crippen MR) is 175 cm³/mol. The summed E-state index contributed by atoms with van der Waals surface area (Å²) in [5.74, 6) is 7.90. The number of anilines is 2. The van der Waals surface area contributed by atoms with E-state index in [1.807, 2.05) is 67.7 Å². The van der Waals surface area contributed by atoms with Crippen LogP contribution in [0.2, 0.25) is 0 Å². The zero-order valence-corrected chi connectivity index (χ0v) is 24.4. The van der Waals surface area contributed by atoms with Gasteiger partial charge in [-0.2, -0.15) is 0 Å². The number of amides is 1. The SMILES string of the molecule is C=C(C)/C=C1/N=Cc2cc(-c3ccccc3)c(-c3ccc(CN4CCC(C(=O)Nc5ccccc5)CC4)cc3)nc2N1N. The van der Waals surface area contributed by atoms with Crippen molar-refractivity contribution < 1.29 is 4.79 Å². The summed E-state index contributed by atoms with van der Waals surface area (Å²) < 4.78 is 0. The summed E-state index contributed by atoms with van der Waals surface area (Å²) in [5.41, 5.74) is 7.80. The minimum atomic E-state index is 0.0447. The van der Waals surface area contributed by atoms with Gasteiger partial charge >= 0.3 is 0 Å². The first-order chi connectivity index (χ1) is 20.9. The third-order valence-corrected chi connectivity index (χ3v) is 7.94. The number of hydrazine groups is 1. The average molecular weight is 569 g/mol. The molecule has 3 heterocycles. The van der Waals surface area contributed by atoms with Crippen LogP contribution in [0.5, 0.6) is 0 Å². The molecule has 2 aliphatic rings. The number of likely N-dealkylation sites (tertiary alicyclic amines) is 1. The van der Waals surface area contributed by atoms with Gasteiger partial charge in [-0.15, -0.1) is 0 Å². The second-order valence-corrected chi connectivity index (χ2v) is 11.2. The summed E-state index contributed by atoms with van der Waals surface area (Å²) in [5, 5.41) is 4.59. The number of aliphatic imine (C=N–C) groups is 1. The van der Waals surface area contributed by atoms with Crippen molar-refractivity contribution in [1.82, 2.24) is 9.88 Å². The van der Waals surface area contributed by atoms with E-state index in [1.165, 1.54) is 10.6 Å². The van der Waals surface area contributed by atoms with Crippen molar-refractivity contribution in [3.63, 3.8) is 0 Å². The lowest BCUT2D eigenvalue weighted by Crippen LogP contribution is -2.37. The number of piperidine rings is 1. The second kappa shape index (κ2) is 12.6. The Bertz CT molecular complexity index is 1670. The van der Waals surface area contributed by atoms with Crippen LogP contribution in [-0.4, -0.2) is 35.1 Å². The number of fused-ring (bicyclic) bond motifs is 1. The number of para-hydroxylation sites is 1. The molecule has 1 saturated heterocycles. The summed E-state index contributed by atoms with van der Waals surface area (Å²) in [7, 11) is 0. The van der Waals surface area contributed by atoms with Gasteiger partial charge in [0.1, 0.15) is 5.82 Å². The van der Waals surface area contributed by atoms with Gasteiger partial charge in [0, 0.05) is 41.1 Å². The molecule has 0 radical (unpaired) electrons. The maximum Gasteiger partial charge on any atom is 0.227 e. The van der Waals surface area contributed by atoms with Gasteiger partial charge in [-0.1, -0.05) is 84.9 Å². The molecule has 6 rings (SSSR count). The van der Waals surface area contributed by atoms with E-state index in [9.17, 15) is 4.79 Å². The van der Waals surface area contributed by atoms with Crippen LogP contribution in [0.15, 0.2) is 120 Å². The number of nitrogens with one attached hydrogen (secondary N) is 1. The van der Waals surface area contributed by atoms with E-state index in [0.717, 1.165) is 71.7 Å². The van der Waals surface area contributed by atoms with E-state index < -0.39 is 0 Å². The highest BCUT2D eigenvalue weighted by Crippen LogP contribution is 2.36. The first kappa shape index (κ1) is 28.3. The number of carbonyl (C=O) groups is 1. The molecule has 0 spiro atoms. The normalized spacial score (nSPS) is 16.2. The summed E-state index contributed by atoms with van der Waals surface area (Å²) in [4.78, 5) is 24.8. The van der Waals surface area contributed by atoms with Crippen LogP contribution >= 0.6 is 0 Å². The van der Waals surface area contributed by atoms with Crippen molar-refractivity contribution in [3.05, 3.63) is 126 Å². The molecule has 43 heavy (non-hydrogen) atoms. The zero-order chi connectivity index (χ0) is 29.8. The molecule has 216 valence electrons. The monoisotopic (exact) mass is 568 g/mol. The quantitative estimate of drug-likeness (QED) is 0.240. The molecule has 0 bridgehead atoms. The largest absolute Gasteiger partial charge is 0.326 e. The number of rotatable bonds is 7. The number of carbonyl (C=O) groups excluding carboxylic acids is 1. The van der Waals surface area contributed by atoms with Crippen molar-refractivity contribution >= 4 is 23.6 Å². The first-order valence-corrected chi connectivity index (χ1v) is 14.7. The second-order valence-electron chi connectivity index (χ2n) is 11.2. The number of allylic oxidation sites excluding steroid dienone is 2. The Labute approximate surface area is 253 Å². The fourth-order valence-corrected chi connectivity index (χ4v) is 5.64. The maximum absolute atomic E-state index is 12.7. The molecule has 3 aromatic carbocycles. The Morgan fingerprint density at radius 2 is 1.65 bits per heavy atom. The van der Waals surface area contributed by atoms with Crippen molar-refractivity contribution in [3.8, 4) is 22.4 Å². The predicted octanol–water partition coefficient (Wildman–Crippen LogP) is 6.80. The number of hydrogen-bond acceptors (Lipinski definition) is 6. The van der Waals surface area contributed by atoms with Gasteiger partial charge in [-0.25, -0.2) is 20.8 Å². The smallest absolute Gasteiger partial charge is 0.227 e. The Morgan fingerprint density at radius 1 is 0.977 bits per heavy atom. The molecule has 7 nitrogen and oxygen atoms in total. The van der Waals surface area contributed by atoms with Crippen molar-refractivity contribution in [1.29, 1.82) is 0 Å². The molecule has 7 heteroatoms. The fourth-order valence-electron chi connectivity index (χ4n) is 5.64. The summed E-state index contributed by atoms with van der Waals surface area (Å²) in [6.45, 7) is 8.51. The number of pyridine rings is 1. The highest BCUT2D eigenvalue weighted by molar-refractivity contribution is 5.95. The number of hydrogen-bond donors (Lipinski definition) is 2. The van der Waals surface area contributed by atoms with Crippen molar-refractivity contribution in [2.75, 3.05) is 23.4 Å². The van der Waals surface area contributed by atoms with E-state index in [2.05, 4.69) is 64.3 Å². The van der Waals surface area contributed by atoms with Gasteiger partial charge in [-0.05, 0) is 68.3 Å². The van der Waals surface area contributed by atoms with E-state index in [4.69, 9.17) is 10.8 Å². The molecule has 3 N–H and O–H groups in total. The lowest BCUT2D eigenvalue weighted by molar-refractivity contribution is -0.121. The van der Waals surface area contributed by atoms with Crippen LogP contribution in [-0.2, 0) is 11.3 Å². The number of benzene rings is 3. The van der Waals surface area contributed by atoms with E-state index in [-0.39, 0.29) is 11.8 Å². The maximum atomic E-state index is 12.7. The Balaban J connectivity index is 1.19. The highest BCUT2D eigenvalue weighted by atomic mass is 16.1. The van der Waals surface area contributed by atoms with Gasteiger partial charge in [-0.3, -0.25) is 9.69 Å². The van der Waals surface area contributed by atoms with Crippen LogP contribution in [0.1, 0.15) is 30.9 Å². The standard InChI is InChI=1S/C36H36N6O/c1-25(2)21-33-38-23-30-22-32(27-9-5-3-6-10-27)34(40-35(30)42(33)37)28-15-13-26(14-16-28)24-41-19-17-29(18-20-41)36(43)39-31-11-7-4-8-12-31/h3-16,21-23,29H,1,17-20,24,37H2,2H3,(H,39,43)/b33-21-. The van der Waals surface area contributed by atoms with E-state index >= 15 is 0 Å². The summed E-state index contributed by atoms with van der Waals surface area (Å²) >= 11 is 0. The summed E-state index contributed by atoms with van der Waals surface area (Å²) in [6, 6.07) is 30.7. The Hall–Kier alpha value is -4.85. The Kier molecular flexibility index (Phi) is 8.27. The van der Waals surface area contributed by atoms with E-state index in [1.54, 1.807) is 0 Å². The lowest BCUT2D eigenvalue weighted by atomic mass is 9.95. The van der Waals surface area contributed by atoms with Gasteiger partial charge in [0.2, 0.25) is 5.91 Å². The van der Waals surface area contributed by atoms with E-state index in [0.29, 0.717) is 11.6 Å². The van der Waals surface area contributed by atoms with Gasteiger partial charge in [0.15, 0.2) is 5.82 Å². The van der Waals surface area contributed by atoms with Crippen LogP contribution in [0.4, 0.5) is 11.5 Å². The molecule has 1 fully saturated rings. The molecular formula is C36H36N6O. The third-order valence-electron chi connectivity index (χ3n) is 7.94. The first-order valence-electron chi connectivity index (χ1n) is 14.7. The molecule has 4 aromatic rings. The molecule has 0 atom stereocenters. The molecule has 2 aliphatic heterocycles. The molecular weight excluding hydrogens is 532 g/mol. The van der Waals surface area contributed by atoms with Gasteiger partial charge < -0.3 is 5.32 Å². The minimum absolute atomic E-state index is 0.0447. The lowest BCUT2D eigenvalue weighted by Gasteiger charge is -2.31. The van der Waals surface area contributed by atoms with Crippen LogP contribution in [0, 0.1) is 5.92 Å². The molecule has 1 amide bonds. The molecule has 0 unspecified atom stereocenters. The molecule has 0 saturated carbocycles. The number of nitrogens with zero attached hydrogens (tertiary/aromatic N) is 4. The minimum Gasteiger partial charge on any atom is -0.326 e. The van der Waals surface area contributed by atoms with Crippen LogP contribution in [0.25, 0.3) is 22.4 Å².